The van der Waals surface area contributed by atoms with Crippen molar-refractivity contribution in [2.24, 2.45) is 0 Å². The van der Waals surface area contributed by atoms with Gasteiger partial charge in [-0.1, -0.05) is 36.2 Å². The highest BCUT2D eigenvalue weighted by atomic mass is 16.5. The van der Waals surface area contributed by atoms with Gasteiger partial charge in [-0.2, -0.15) is 0 Å². The fourth-order valence-electron chi connectivity index (χ4n) is 5.18. The molecule has 2 saturated heterocycles. The molecule has 0 spiro atoms. The topological polar surface area (TPSA) is 76.1 Å². The lowest BCUT2D eigenvalue weighted by Gasteiger charge is -2.48. The van der Waals surface area contributed by atoms with Crippen LogP contribution in [-0.2, 0) is 22.5 Å². The average Bonchev–Trinajstić information content (AvgIpc) is 2.75. The lowest BCUT2D eigenvalue weighted by Crippen LogP contribution is -2.53. The Balaban J connectivity index is 1.37. The first-order chi connectivity index (χ1) is 15.4. The summed E-state index contributed by atoms with van der Waals surface area (Å²) >= 11 is 0. The van der Waals surface area contributed by atoms with Crippen LogP contribution in [0.15, 0.2) is 42.5 Å². The van der Waals surface area contributed by atoms with Crippen molar-refractivity contribution in [1.29, 1.82) is 0 Å². The van der Waals surface area contributed by atoms with Crippen LogP contribution in [0, 0.1) is 6.92 Å². The third-order valence-corrected chi connectivity index (χ3v) is 6.72. The van der Waals surface area contributed by atoms with E-state index in [-0.39, 0.29) is 18.5 Å². The molecule has 2 heterocycles. The molecule has 4 rings (SSSR count). The summed E-state index contributed by atoms with van der Waals surface area (Å²) in [6.07, 6.45) is 5.26. The summed E-state index contributed by atoms with van der Waals surface area (Å²) in [5, 5.41) is 9.11. The maximum atomic E-state index is 12.7. The summed E-state index contributed by atoms with van der Waals surface area (Å²) < 4.78 is 11.3. The molecule has 0 aliphatic carbocycles. The number of fused-ring (bicyclic) bond motifs is 2. The molecule has 1 N–H and O–H groups in total. The number of benzene rings is 2. The molecule has 2 aromatic rings. The lowest BCUT2D eigenvalue weighted by atomic mass is 9.82. The largest absolute Gasteiger partial charge is 0.496 e. The standard InChI is InChI=1S/C26H31NO5/c1-17-6-11-24(31-2)20(12-17)13-25(28)32-23-14-21-4-3-5-22(15-23)27(21)16-18-7-9-19(10-8-18)26(29)30/h6-12,21-23H,3-5,13-16H2,1-2H3,(H,29,30). The fourth-order valence-corrected chi connectivity index (χ4v) is 5.18. The first kappa shape index (κ1) is 22.3. The number of nitrogens with zero attached hydrogens (tertiary/aromatic N) is 1. The van der Waals surface area contributed by atoms with Gasteiger partial charge in [0.1, 0.15) is 11.9 Å². The number of piperidine rings is 2. The number of aromatic carboxylic acids is 1. The number of aryl methyl sites for hydroxylation is 1. The Kier molecular flexibility index (Phi) is 6.80. The molecule has 2 aliphatic heterocycles. The summed E-state index contributed by atoms with van der Waals surface area (Å²) in [7, 11) is 1.62. The van der Waals surface area contributed by atoms with Crippen LogP contribution in [0.2, 0.25) is 0 Å². The summed E-state index contributed by atoms with van der Waals surface area (Å²) in [5.41, 5.74) is 3.38. The van der Waals surface area contributed by atoms with E-state index in [9.17, 15) is 9.59 Å². The van der Waals surface area contributed by atoms with E-state index in [4.69, 9.17) is 14.6 Å². The number of carboxylic acids is 1. The fraction of sp³-hybridized carbons (Fsp3) is 0.462. The predicted molar refractivity (Wildman–Crippen MR) is 121 cm³/mol. The van der Waals surface area contributed by atoms with Crippen LogP contribution in [0.4, 0.5) is 0 Å². The zero-order valence-electron chi connectivity index (χ0n) is 18.8. The summed E-state index contributed by atoms with van der Waals surface area (Å²) in [6, 6.07) is 13.8. The van der Waals surface area contributed by atoms with Crippen molar-refractivity contribution in [2.75, 3.05) is 7.11 Å². The number of methoxy groups -OCH3 is 1. The van der Waals surface area contributed by atoms with E-state index in [2.05, 4.69) is 4.90 Å². The third-order valence-electron chi connectivity index (χ3n) is 6.72. The number of hydrogen-bond acceptors (Lipinski definition) is 5. The van der Waals surface area contributed by atoms with Crippen molar-refractivity contribution < 1.29 is 24.2 Å². The van der Waals surface area contributed by atoms with Gasteiger partial charge in [0.05, 0.1) is 19.1 Å². The van der Waals surface area contributed by atoms with Crippen LogP contribution in [0.5, 0.6) is 5.75 Å². The second-order valence-electron chi connectivity index (χ2n) is 8.99. The summed E-state index contributed by atoms with van der Waals surface area (Å²) in [4.78, 5) is 26.3. The van der Waals surface area contributed by atoms with Crippen molar-refractivity contribution in [1.82, 2.24) is 4.90 Å². The number of hydrogen-bond donors (Lipinski definition) is 1. The number of esters is 1. The Morgan fingerprint density at radius 1 is 1.06 bits per heavy atom. The quantitative estimate of drug-likeness (QED) is 0.648. The van der Waals surface area contributed by atoms with E-state index in [0.717, 1.165) is 48.9 Å². The summed E-state index contributed by atoms with van der Waals surface area (Å²) in [6.45, 7) is 2.80. The van der Waals surface area contributed by atoms with E-state index in [1.807, 2.05) is 37.3 Å². The first-order valence-electron chi connectivity index (χ1n) is 11.3. The van der Waals surface area contributed by atoms with Gasteiger partial charge < -0.3 is 14.6 Å². The molecule has 6 heteroatoms. The van der Waals surface area contributed by atoms with Crippen LogP contribution in [-0.4, -0.2) is 47.2 Å². The normalized spacial score (nSPS) is 22.9. The highest BCUT2D eigenvalue weighted by Gasteiger charge is 2.39. The second kappa shape index (κ2) is 9.74. The average molecular weight is 438 g/mol. The van der Waals surface area contributed by atoms with E-state index >= 15 is 0 Å². The molecular formula is C26H31NO5. The van der Waals surface area contributed by atoms with Crippen molar-refractivity contribution in [3.05, 3.63) is 64.7 Å². The number of carboxylic acid groups (broad SMARTS) is 1. The van der Waals surface area contributed by atoms with Crippen molar-refractivity contribution in [3.63, 3.8) is 0 Å². The minimum atomic E-state index is -0.903. The molecule has 0 saturated carbocycles. The van der Waals surface area contributed by atoms with Gasteiger partial charge in [0.25, 0.3) is 0 Å². The molecule has 2 bridgehead atoms. The molecular weight excluding hydrogens is 406 g/mol. The van der Waals surface area contributed by atoms with Gasteiger partial charge in [-0.15, -0.1) is 0 Å². The second-order valence-corrected chi connectivity index (χ2v) is 8.99. The Hall–Kier alpha value is -2.86. The van der Waals surface area contributed by atoms with Crippen molar-refractivity contribution in [2.45, 2.75) is 70.2 Å². The zero-order valence-corrected chi connectivity index (χ0v) is 18.8. The predicted octanol–water partition coefficient (Wildman–Crippen LogP) is 4.37. The van der Waals surface area contributed by atoms with Gasteiger partial charge in [0.2, 0.25) is 0 Å². The van der Waals surface area contributed by atoms with Gasteiger partial charge in [-0.05, 0) is 43.5 Å². The molecule has 0 aromatic heterocycles. The molecule has 6 nitrogen and oxygen atoms in total. The molecule has 2 aromatic carbocycles. The van der Waals surface area contributed by atoms with E-state index in [1.54, 1.807) is 19.2 Å². The molecule has 0 radical (unpaired) electrons. The Bertz CT molecular complexity index is 957. The molecule has 0 amide bonds. The molecule has 170 valence electrons. The van der Waals surface area contributed by atoms with E-state index in [1.165, 1.54) is 6.42 Å². The van der Waals surface area contributed by atoms with E-state index in [0.29, 0.717) is 23.4 Å². The summed E-state index contributed by atoms with van der Waals surface area (Å²) in [5.74, 6) is -0.387. The van der Waals surface area contributed by atoms with Gasteiger partial charge in [-0.25, -0.2) is 4.79 Å². The maximum Gasteiger partial charge on any atom is 0.335 e. The Labute approximate surface area is 189 Å². The van der Waals surface area contributed by atoms with Gasteiger partial charge in [0, 0.05) is 37.0 Å². The van der Waals surface area contributed by atoms with Crippen LogP contribution < -0.4 is 4.74 Å². The molecule has 2 aliphatic rings. The van der Waals surface area contributed by atoms with Crippen LogP contribution >= 0.6 is 0 Å². The lowest BCUT2D eigenvalue weighted by molar-refractivity contribution is -0.154. The van der Waals surface area contributed by atoms with Crippen LogP contribution in [0.1, 0.15) is 59.2 Å². The van der Waals surface area contributed by atoms with Crippen LogP contribution in [0.3, 0.4) is 0 Å². The number of carbonyl (C=O) groups is 2. The Morgan fingerprint density at radius 2 is 1.75 bits per heavy atom. The first-order valence-corrected chi connectivity index (χ1v) is 11.3. The third kappa shape index (κ3) is 5.13. The monoisotopic (exact) mass is 437 g/mol. The minimum Gasteiger partial charge on any atom is -0.496 e. The molecule has 32 heavy (non-hydrogen) atoms. The molecule has 2 fully saturated rings. The minimum absolute atomic E-state index is 0.0563. The SMILES string of the molecule is COc1ccc(C)cc1CC(=O)OC1CC2CCCC(C1)N2Cc1ccc(C(=O)O)cc1. The number of ether oxygens (including phenoxy) is 2. The highest BCUT2D eigenvalue weighted by Crippen LogP contribution is 2.36. The highest BCUT2D eigenvalue weighted by molar-refractivity contribution is 5.87. The van der Waals surface area contributed by atoms with Crippen molar-refractivity contribution in [3.8, 4) is 5.75 Å². The molecule has 2 atom stereocenters. The number of rotatable bonds is 7. The molecule has 2 unspecified atom stereocenters. The maximum absolute atomic E-state index is 12.7. The zero-order chi connectivity index (χ0) is 22.7. The number of carbonyl (C=O) groups excluding carboxylic acids is 1. The van der Waals surface area contributed by atoms with Crippen molar-refractivity contribution >= 4 is 11.9 Å². The smallest absolute Gasteiger partial charge is 0.335 e. The van der Waals surface area contributed by atoms with Gasteiger partial charge in [0.15, 0.2) is 0 Å². The van der Waals surface area contributed by atoms with Gasteiger partial charge >= 0.3 is 11.9 Å². The van der Waals surface area contributed by atoms with E-state index < -0.39 is 5.97 Å². The Morgan fingerprint density at radius 3 is 2.38 bits per heavy atom. The van der Waals surface area contributed by atoms with Gasteiger partial charge in [-0.3, -0.25) is 9.69 Å². The van der Waals surface area contributed by atoms with Crippen LogP contribution in [0.25, 0.3) is 0 Å².